The lowest BCUT2D eigenvalue weighted by molar-refractivity contribution is -0.145. The van der Waals surface area contributed by atoms with Gasteiger partial charge in [0, 0.05) is 11.6 Å². The zero-order chi connectivity index (χ0) is 20.3. The molecule has 0 unspecified atom stereocenters. The van der Waals surface area contributed by atoms with Crippen molar-refractivity contribution in [3.63, 3.8) is 0 Å². The van der Waals surface area contributed by atoms with E-state index in [1.165, 1.54) is 16.7 Å². The molecule has 1 fully saturated rings. The number of thiocarbonyl (C=S) groups is 1. The number of hydrogen-bond acceptors (Lipinski definition) is 6. The molecule has 2 aromatic rings. The van der Waals surface area contributed by atoms with Crippen molar-refractivity contribution in [2.24, 2.45) is 0 Å². The topological polar surface area (TPSA) is 70.8 Å². The molecule has 28 heavy (non-hydrogen) atoms. The first-order valence-electron chi connectivity index (χ1n) is 8.26. The Morgan fingerprint density at radius 2 is 2.14 bits per heavy atom. The number of aliphatic carboxylic acids is 1. The predicted octanol–water partition coefficient (Wildman–Crippen LogP) is 5.01. The second-order valence-electron chi connectivity index (χ2n) is 5.87. The quantitative estimate of drug-likeness (QED) is 0.466. The third kappa shape index (κ3) is 4.46. The number of hydrogen-bond donors (Lipinski definition) is 1. The number of furan rings is 1. The van der Waals surface area contributed by atoms with Gasteiger partial charge in [0.05, 0.1) is 9.93 Å². The van der Waals surface area contributed by atoms with Crippen LogP contribution in [0, 0.1) is 0 Å². The molecule has 1 aromatic carbocycles. The van der Waals surface area contributed by atoms with Crippen molar-refractivity contribution in [2.45, 2.75) is 12.5 Å². The lowest BCUT2D eigenvalue weighted by Crippen LogP contribution is -2.44. The number of rotatable bonds is 7. The minimum absolute atomic E-state index is 0.239. The Kier molecular flexibility index (Phi) is 6.87. The van der Waals surface area contributed by atoms with Gasteiger partial charge in [0.1, 0.15) is 21.9 Å². The molecule has 9 heteroatoms. The van der Waals surface area contributed by atoms with Crippen LogP contribution in [0.5, 0.6) is 0 Å². The van der Waals surface area contributed by atoms with E-state index >= 15 is 0 Å². The molecule has 0 saturated carbocycles. The van der Waals surface area contributed by atoms with Gasteiger partial charge in [-0.25, -0.2) is 4.79 Å². The van der Waals surface area contributed by atoms with Gasteiger partial charge >= 0.3 is 5.97 Å². The maximum absolute atomic E-state index is 12.8. The van der Waals surface area contributed by atoms with E-state index in [1.807, 2.05) is 24.5 Å². The van der Waals surface area contributed by atoms with E-state index in [2.05, 4.69) is 0 Å². The molecule has 0 aliphatic carbocycles. The molecule has 2 heterocycles. The molecule has 1 aromatic heterocycles. The standard InChI is InChI=1S/C19H16ClNO4S3/c1-27-9-8-14(18(23)24)21-17(22)16(28-19(21)26)10-11-6-7-15(25-11)12-4-2-3-5-13(12)20/h2-7,10,14H,8-9H2,1H3,(H,23,24)/b16-10+/t14-/m1/s1. The fourth-order valence-corrected chi connectivity index (χ4v) is 4.73. The SMILES string of the molecule is CSCC[C@H](C(=O)O)N1C(=O)/C(=C\c2ccc(-c3ccccc3Cl)o2)SC1=S. The van der Waals surface area contributed by atoms with Crippen molar-refractivity contribution in [3.8, 4) is 11.3 Å². The van der Waals surface area contributed by atoms with E-state index in [0.29, 0.717) is 33.6 Å². The van der Waals surface area contributed by atoms with Crippen molar-refractivity contribution in [1.82, 2.24) is 4.90 Å². The molecule has 146 valence electrons. The molecule has 0 bridgehead atoms. The Labute approximate surface area is 181 Å². The summed E-state index contributed by atoms with van der Waals surface area (Å²) in [7, 11) is 0. The normalized spacial score (nSPS) is 16.8. The number of benzene rings is 1. The minimum Gasteiger partial charge on any atom is -0.480 e. The molecule has 1 atom stereocenters. The van der Waals surface area contributed by atoms with Crippen LogP contribution in [-0.2, 0) is 9.59 Å². The van der Waals surface area contributed by atoms with Crippen LogP contribution >= 0.6 is 47.3 Å². The number of carbonyl (C=O) groups is 2. The first-order chi connectivity index (χ1) is 13.4. The third-order valence-electron chi connectivity index (χ3n) is 4.06. The van der Waals surface area contributed by atoms with Gasteiger partial charge in [-0.1, -0.05) is 47.7 Å². The van der Waals surface area contributed by atoms with Gasteiger partial charge in [-0.2, -0.15) is 11.8 Å². The number of amides is 1. The number of carboxylic acids is 1. The summed E-state index contributed by atoms with van der Waals surface area (Å²) in [5, 5.41) is 10.1. The summed E-state index contributed by atoms with van der Waals surface area (Å²) in [5.74, 6) is 0.179. The van der Waals surface area contributed by atoms with Gasteiger partial charge in [-0.05, 0) is 42.7 Å². The molecule has 1 N–H and O–H groups in total. The van der Waals surface area contributed by atoms with Crippen LogP contribution in [0.1, 0.15) is 12.2 Å². The van der Waals surface area contributed by atoms with E-state index in [1.54, 1.807) is 24.3 Å². The summed E-state index contributed by atoms with van der Waals surface area (Å²) in [6, 6.07) is 9.82. The van der Waals surface area contributed by atoms with E-state index in [-0.39, 0.29) is 4.32 Å². The summed E-state index contributed by atoms with van der Waals surface area (Å²) in [5.41, 5.74) is 0.749. The molecule has 0 radical (unpaired) electrons. The predicted molar refractivity (Wildman–Crippen MR) is 119 cm³/mol. The Morgan fingerprint density at radius 1 is 1.39 bits per heavy atom. The molecule has 5 nitrogen and oxygen atoms in total. The lowest BCUT2D eigenvalue weighted by atomic mass is 10.2. The molecule has 1 aliphatic heterocycles. The number of halogens is 1. The summed E-state index contributed by atoms with van der Waals surface area (Å²) in [6.07, 6.45) is 3.79. The number of carbonyl (C=O) groups excluding carboxylic acids is 1. The van der Waals surface area contributed by atoms with Crippen molar-refractivity contribution < 1.29 is 19.1 Å². The van der Waals surface area contributed by atoms with Crippen LogP contribution in [-0.4, -0.2) is 44.3 Å². The first kappa shape index (κ1) is 21.0. The van der Waals surface area contributed by atoms with Gasteiger partial charge < -0.3 is 9.52 Å². The molecule has 1 amide bonds. The van der Waals surface area contributed by atoms with Crippen molar-refractivity contribution in [1.29, 1.82) is 0 Å². The maximum Gasteiger partial charge on any atom is 0.326 e. The number of thioether (sulfide) groups is 2. The zero-order valence-electron chi connectivity index (χ0n) is 14.8. The Bertz CT molecular complexity index is 956. The Balaban J connectivity index is 1.84. The highest BCUT2D eigenvalue weighted by Gasteiger charge is 2.40. The van der Waals surface area contributed by atoms with Crippen molar-refractivity contribution in [2.75, 3.05) is 12.0 Å². The fourth-order valence-electron chi connectivity index (χ4n) is 2.71. The van der Waals surface area contributed by atoms with Crippen molar-refractivity contribution in [3.05, 3.63) is 52.1 Å². The average Bonchev–Trinajstić information content (AvgIpc) is 3.22. The van der Waals surface area contributed by atoms with Gasteiger partial charge in [0.25, 0.3) is 5.91 Å². The van der Waals surface area contributed by atoms with E-state index in [0.717, 1.165) is 17.3 Å². The largest absolute Gasteiger partial charge is 0.480 e. The summed E-state index contributed by atoms with van der Waals surface area (Å²) < 4.78 is 6.03. The monoisotopic (exact) mass is 453 g/mol. The minimum atomic E-state index is -1.06. The Morgan fingerprint density at radius 3 is 2.82 bits per heavy atom. The first-order valence-corrected chi connectivity index (χ1v) is 11.3. The highest BCUT2D eigenvalue weighted by Crippen LogP contribution is 2.36. The van der Waals surface area contributed by atoms with Gasteiger partial charge in [0.15, 0.2) is 0 Å². The fraction of sp³-hybridized carbons (Fsp3) is 0.211. The van der Waals surface area contributed by atoms with Crippen LogP contribution < -0.4 is 0 Å². The molecule has 1 saturated heterocycles. The molecule has 3 rings (SSSR count). The highest BCUT2D eigenvalue weighted by atomic mass is 35.5. The molecule has 1 aliphatic rings. The average molecular weight is 454 g/mol. The second kappa shape index (κ2) is 9.17. The Hall–Kier alpha value is -1.74. The van der Waals surface area contributed by atoms with Gasteiger partial charge in [0.2, 0.25) is 0 Å². The highest BCUT2D eigenvalue weighted by molar-refractivity contribution is 8.26. The van der Waals surface area contributed by atoms with Gasteiger partial charge in [-0.3, -0.25) is 9.69 Å². The van der Waals surface area contributed by atoms with E-state index in [4.69, 9.17) is 28.2 Å². The molecular formula is C19H16ClNO4S3. The molecule has 0 spiro atoms. The summed E-state index contributed by atoms with van der Waals surface area (Å²) in [4.78, 5) is 25.9. The zero-order valence-corrected chi connectivity index (χ0v) is 18.0. The van der Waals surface area contributed by atoms with Crippen LogP contribution in [0.25, 0.3) is 17.4 Å². The smallest absolute Gasteiger partial charge is 0.326 e. The summed E-state index contributed by atoms with van der Waals surface area (Å²) >= 11 is 14.1. The van der Waals surface area contributed by atoms with Crippen LogP contribution in [0.4, 0.5) is 0 Å². The van der Waals surface area contributed by atoms with Crippen LogP contribution in [0.3, 0.4) is 0 Å². The maximum atomic E-state index is 12.8. The third-order valence-corrected chi connectivity index (χ3v) is 6.36. The van der Waals surface area contributed by atoms with E-state index < -0.39 is 17.9 Å². The van der Waals surface area contributed by atoms with Crippen LogP contribution in [0.15, 0.2) is 45.7 Å². The molecular weight excluding hydrogens is 438 g/mol. The van der Waals surface area contributed by atoms with E-state index in [9.17, 15) is 14.7 Å². The summed E-state index contributed by atoms with van der Waals surface area (Å²) in [6.45, 7) is 0. The number of carboxylic acid groups (broad SMARTS) is 1. The second-order valence-corrected chi connectivity index (χ2v) is 8.94. The van der Waals surface area contributed by atoms with Crippen LogP contribution in [0.2, 0.25) is 5.02 Å². The van der Waals surface area contributed by atoms with Crippen molar-refractivity contribution >= 4 is 69.6 Å². The lowest BCUT2D eigenvalue weighted by Gasteiger charge is -2.22. The number of nitrogens with zero attached hydrogens (tertiary/aromatic N) is 1. The van der Waals surface area contributed by atoms with Gasteiger partial charge in [-0.15, -0.1) is 0 Å².